The fraction of sp³-hybridized carbons (Fsp3) is 0.500. The Hall–Kier alpha value is -3.02. The molecule has 0 bridgehead atoms. The first-order valence-electron chi connectivity index (χ1n) is 9.98. The molecule has 0 aliphatic carbocycles. The first kappa shape index (κ1) is 22.2. The predicted octanol–water partition coefficient (Wildman–Crippen LogP) is 2.03. The van der Waals surface area contributed by atoms with E-state index in [4.69, 9.17) is 4.74 Å². The Balaban J connectivity index is 1.83. The molecule has 4 rings (SSSR count). The van der Waals surface area contributed by atoms with Gasteiger partial charge in [0, 0.05) is 12.7 Å². The number of fused-ring (bicyclic) bond motifs is 1. The van der Waals surface area contributed by atoms with Crippen LogP contribution in [0.15, 0.2) is 29.2 Å². The van der Waals surface area contributed by atoms with E-state index < -0.39 is 47.9 Å². The number of ketones is 1. The Labute approximate surface area is 180 Å². The van der Waals surface area contributed by atoms with Crippen molar-refractivity contribution in [3.05, 3.63) is 46.3 Å². The number of pyridine rings is 1. The highest BCUT2D eigenvalue weighted by Crippen LogP contribution is 2.43. The maximum Gasteiger partial charge on any atom is 0.413 e. The van der Waals surface area contributed by atoms with Crippen LogP contribution in [0, 0.1) is 5.82 Å². The number of alkyl halides is 3. The van der Waals surface area contributed by atoms with Gasteiger partial charge in [-0.05, 0) is 26.0 Å². The van der Waals surface area contributed by atoms with Crippen molar-refractivity contribution in [2.45, 2.75) is 38.1 Å². The standard InChI is InChI=1S/C20H21F4N5O3/c1-12-10-32-8-7-27(12)16-15(21)17(31)28-11-19(2,20(22,23)24)29(18(28)26-16)9-14(30)13-5-3-4-6-25-13/h3-6,12H,7-11H2,1-2H3/t12-,19+/m1/s1. The lowest BCUT2D eigenvalue weighted by atomic mass is 10.0. The zero-order valence-corrected chi connectivity index (χ0v) is 17.4. The number of rotatable bonds is 4. The maximum absolute atomic E-state index is 15.0. The van der Waals surface area contributed by atoms with Crippen molar-refractivity contribution in [2.24, 2.45) is 0 Å². The SMILES string of the molecule is C[C@@H]1COCCN1c1nc2n(c(=O)c1F)C[C@@](C)(C(F)(F)F)N2CC(=O)c1ccccn1. The van der Waals surface area contributed by atoms with Gasteiger partial charge in [0.1, 0.15) is 5.69 Å². The van der Waals surface area contributed by atoms with E-state index in [1.807, 2.05) is 0 Å². The molecular formula is C20H21F4N5O3. The normalized spacial score (nSPS) is 23.4. The van der Waals surface area contributed by atoms with E-state index in [9.17, 15) is 27.2 Å². The Morgan fingerprint density at radius 2 is 2.09 bits per heavy atom. The van der Waals surface area contributed by atoms with E-state index in [1.54, 1.807) is 13.0 Å². The van der Waals surface area contributed by atoms with Crippen LogP contribution in [0.3, 0.4) is 0 Å². The fourth-order valence-corrected chi connectivity index (χ4v) is 3.94. The molecule has 0 amide bonds. The van der Waals surface area contributed by atoms with Crippen LogP contribution in [0.1, 0.15) is 24.3 Å². The highest BCUT2D eigenvalue weighted by Gasteiger charge is 2.60. The first-order valence-corrected chi connectivity index (χ1v) is 9.98. The van der Waals surface area contributed by atoms with Gasteiger partial charge in [-0.1, -0.05) is 6.07 Å². The van der Waals surface area contributed by atoms with Gasteiger partial charge in [-0.15, -0.1) is 0 Å². The summed E-state index contributed by atoms with van der Waals surface area (Å²) >= 11 is 0. The van der Waals surface area contributed by atoms with Gasteiger partial charge in [0.05, 0.1) is 32.3 Å². The van der Waals surface area contributed by atoms with E-state index in [-0.39, 0.29) is 37.3 Å². The molecule has 172 valence electrons. The molecule has 2 aliphatic heterocycles. The highest BCUT2D eigenvalue weighted by atomic mass is 19.4. The molecule has 0 N–H and O–H groups in total. The van der Waals surface area contributed by atoms with Crippen molar-refractivity contribution in [1.82, 2.24) is 14.5 Å². The van der Waals surface area contributed by atoms with E-state index in [0.717, 1.165) is 11.8 Å². The topological polar surface area (TPSA) is 80.6 Å². The molecule has 0 radical (unpaired) electrons. The number of ether oxygens (including phenoxy) is 1. The number of hydrogen-bond donors (Lipinski definition) is 0. The van der Waals surface area contributed by atoms with Crippen LogP contribution in [-0.4, -0.2) is 64.4 Å². The molecule has 2 aromatic heterocycles. The molecule has 0 spiro atoms. The third kappa shape index (κ3) is 3.51. The lowest BCUT2D eigenvalue weighted by Gasteiger charge is -2.37. The van der Waals surface area contributed by atoms with Crippen LogP contribution < -0.4 is 15.4 Å². The summed E-state index contributed by atoms with van der Waals surface area (Å²) in [7, 11) is 0. The van der Waals surface area contributed by atoms with Crippen LogP contribution in [0.4, 0.5) is 29.3 Å². The quantitative estimate of drug-likeness (QED) is 0.516. The zero-order chi connectivity index (χ0) is 23.3. The first-order chi connectivity index (χ1) is 15.0. The fourth-order valence-electron chi connectivity index (χ4n) is 3.94. The van der Waals surface area contributed by atoms with Crippen molar-refractivity contribution >= 4 is 17.5 Å². The van der Waals surface area contributed by atoms with E-state index >= 15 is 0 Å². The summed E-state index contributed by atoms with van der Waals surface area (Å²) in [6.07, 6.45) is -3.48. The lowest BCUT2D eigenvalue weighted by molar-refractivity contribution is -0.181. The zero-order valence-electron chi connectivity index (χ0n) is 17.4. The van der Waals surface area contributed by atoms with Gasteiger partial charge in [0.25, 0.3) is 5.56 Å². The second kappa shape index (κ2) is 7.84. The second-order valence-corrected chi connectivity index (χ2v) is 8.05. The highest BCUT2D eigenvalue weighted by molar-refractivity contribution is 5.97. The lowest BCUT2D eigenvalue weighted by Crippen LogP contribution is -2.57. The number of aromatic nitrogens is 3. The molecule has 0 aromatic carbocycles. The second-order valence-electron chi connectivity index (χ2n) is 8.05. The van der Waals surface area contributed by atoms with Gasteiger partial charge in [-0.3, -0.25) is 19.1 Å². The molecular weight excluding hydrogens is 434 g/mol. The van der Waals surface area contributed by atoms with Crippen LogP contribution in [-0.2, 0) is 11.3 Å². The Kier molecular flexibility index (Phi) is 5.43. The Morgan fingerprint density at radius 1 is 1.34 bits per heavy atom. The van der Waals surface area contributed by atoms with Crippen LogP contribution in [0.25, 0.3) is 0 Å². The number of Topliss-reactive ketones (excluding diaryl/α,β-unsaturated/α-hetero) is 1. The summed E-state index contributed by atoms with van der Waals surface area (Å²) in [5.41, 5.74) is -3.88. The van der Waals surface area contributed by atoms with E-state index in [1.165, 1.54) is 23.2 Å². The molecule has 12 heteroatoms. The molecule has 1 saturated heterocycles. The summed E-state index contributed by atoms with van der Waals surface area (Å²) in [5, 5.41) is 0. The van der Waals surface area contributed by atoms with Crippen molar-refractivity contribution in [3.8, 4) is 0 Å². The Bertz CT molecular complexity index is 1090. The summed E-state index contributed by atoms with van der Waals surface area (Å²) < 4.78 is 63.3. The molecule has 2 aliphatic rings. The van der Waals surface area contributed by atoms with Gasteiger partial charge in [-0.2, -0.15) is 22.5 Å². The molecule has 1 fully saturated rings. The molecule has 2 atom stereocenters. The number of halogens is 4. The van der Waals surface area contributed by atoms with Gasteiger partial charge in [0.15, 0.2) is 17.1 Å². The smallest absolute Gasteiger partial charge is 0.377 e. The molecule has 0 unspecified atom stereocenters. The molecule has 32 heavy (non-hydrogen) atoms. The van der Waals surface area contributed by atoms with Crippen LogP contribution in [0.2, 0.25) is 0 Å². The number of nitrogens with zero attached hydrogens (tertiary/aromatic N) is 5. The number of carbonyl (C=O) groups is 1. The average Bonchev–Trinajstić information content (AvgIpc) is 3.05. The summed E-state index contributed by atoms with van der Waals surface area (Å²) in [4.78, 5) is 35.7. The van der Waals surface area contributed by atoms with Crippen molar-refractivity contribution in [1.29, 1.82) is 0 Å². The average molecular weight is 455 g/mol. The minimum absolute atomic E-state index is 0.0260. The summed E-state index contributed by atoms with van der Waals surface area (Å²) in [5.74, 6) is -2.67. The van der Waals surface area contributed by atoms with Crippen molar-refractivity contribution in [3.63, 3.8) is 0 Å². The van der Waals surface area contributed by atoms with Gasteiger partial charge >= 0.3 is 6.18 Å². The maximum atomic E-state index is 15.0. The van der Waals surface area contributed by atoms with Crippen LogP contribution >= 0.6 is 0 Å². The summed E-state index contributed by atoms with van der Waals surface area (Å²) in [6.45, 7) is 1.70. The van der Waals surface area contributed by atoms with E-state index in [2.05, 4.69) is 9.97 Å². The number of anilines is 2. The molecule has 0 saturated carbocycles. The number of hydrogen-bond acceptors (Lipinski definition) is 7. The minimum atomic E-state index is -4.83. The predicted molar refractivity (Wildman–Crippen MR) is 106 cm³/mol. The van der Waals surface area contributed by atoms with Gasteiger partial charge in [0.2, 0.25) is 11.8 Å². The number of morpholine rings is 1. The third-order valence-corrected chi connectivity index (χ3v) is 5.88. The molecule has 8 nitrogen and oxygen atoms in total. The largest absolute Gasteiger partial charge is 0.413 e. The minimum Gasteiger partial charge on any atom is -0.377 e. The van der Waals surface area contributed by atoms with Gasteiger partial charge < -0.3 is 14.5 Å². The van der Waals surface area contributed by atoms with Crippen molar-refractivity contribution < 1.29 is 27.1 Å². The van der Waals surface area contributed by atoms with Crippen LogP contribution in [0.5, 0.6) is 0 Å². The third-order valence-electron chi connectivity index (χ3n) is 5.88. The number of carbonyl (C=O) groups excluding carboxylic acids is 1. The molecule has 4 heterocycles. The monoisotopic (exact) mass is 455 g/mol. The molecule has 2 aromatic rings. The van der Waals surface area contributed by atoms with Crippen molar-refractivity contribution in [2.75, 3.05) is 36.1 Å². The van der Waals surface area contributed by atoms with E-state index in [0.29, 0.717) is 4.57 Å². The summed E-state index contributed by atoms with van der Waals surface area (Å²) in [6, 6.07) is 4.15. The van der Waals surface area contributed by atoms with Gasteiger partial charge in [-0.25, -0.2) is 0 Å². The Morgan fingerprint density at radius 3 is 2.72 bits per heavy atom.